The van der Waals surface area contributed by atoms with Crippen molar-refractivity contribution in [2.24, 2.45) is 0 Å². The second kappa shape index (κ2) is 11.5. The lowest BCUT2D eigenvalue weighted by atomic mass is 10.00. The first-order valence-corrected chi connectivity index (χ1v) is 13.9. The monoisotopic (exact) mass is 591 g/mol. The molecule has 222 valence electrons. The Morgan fingerprint density at radius 1 is 1.12 bits per heavy atom. The molecule has 2 fully saturated rings. The molecule has 2 aromatic heterocycles. The molecular weight excluding hydrogens is 563 g/mol. The standard InChI is InChI=1S/C30H28F3N7O3/c1-38-11-3-5-19(38)16-43-29-36-27-21(28(37-29)39-12-13-40(30(41)42)18(15-39)9-10-34)14-35-26(25(27)33)20-6-2-4-17-7-8-22(31)24(32)23(17)20/h2,4,6-8,14,18-19H,3,5,9,11-13,15-16H2,1H3,(H,41,42). The van der Waals surface area contributed by atoms with Crippen molar-refractivity contribution in [3.63, 3.8) is 0 Å². The van der Waals surface area contributed by atoms with Gasteiger partial charge in [-0.3, -0.25) is 4.98 Å². The first kappa shape index (κ1) is 28.4. The zero-order valence-corrected chi connectivity index (χ0v) is 23.3. The molecule has 4 heterocycles. The van der Waals surface area contributed by atoms with E-state index >= 15 is 4.39 Å². The van der Waals surface area contributed by atoms with Crippen molar-refractivity contribution in [3.05, 3.63) is 54.0 Å². The third-order valence-corrected chi connectivity index (χ3v) is 8.26. The molecular formula is C30H28F3N7O3. The van der Waals surface area contributed by atoms with Gasteiger partial charge in [-0.25, -0.2) is 18.0 Å². The second-order valence-electron chi connectivity index (χ2n) is 10.8. The summed E-state index contributed by atoms with van der Waals surface area (Å²) in [5.74, 6) is -2.76. The average molecular weight is 592 g/mol. The summed E-state index contributed by atoms with van der Waals surface area (Å²) in [7, 11) is 1.99. The molecule has 43 heavy (non-hydrogen) atoms. The van der Waals surface area contributed by atoms with Gasteiger partial charge >= 0.3 is 12.1 Å². The van der Waals surface area contributed by atoms with Crippen molar-refractivity contribution in [1.82, 2.24) is 24.8 Å². The lowest BCUT2D eigenvalue weighted by molar-refractivity contribution is 0.119. The minimum atomic E-state index is -1.13. The Morgan fingerprint density at radius 2 is 1.95 bits per heavy atom. The molecule has 2 aliphatic heterocycles. The van der Waals surface area contributed by atoms with E-state index in [0.29, 0.717) is 5.39 Å². The number of nitrogens with zero attached hydrogens (tertiary/aromatic N) is 7. The molecule has 0 spiro atoms. The number of likely N-dealkylation sites (N-methyl/N-ethyl adjacent to an activating group) is 1. The highest BCUT2D eigenvalue weighted by Crippen LogP contribution is 2.36. The number of pyridine rings is 1. The molecule has 4 aromatic rings. The van der Waals surface area contributed by atoms with Crippen molar-refractivity contribution in [3.8, 4) is 23.3 Å². The van der Waals surface area contributed by atoms with Crippen molar-refractivity contribution in [2.75, 3.05) is 44.7 Å². The molecule has 0 saturated carbocycles. The fourth-order valence-corrected chi connectivity index (χ4v) is 5.96. The average Bonchev–Trinajstić information content (AvgIpc) is 3.42. The van der Waals surface area contributed by atoms with E-state index in [1.165, 1.54) is 23.2 Å². The largest absolute Gasteiger partial charge is 0.465 e. The van der Waals surface area contributed by atoms with Crippen LogP contribution in [0.2, 0.25) is 0 Å². The Kier molecular flexibility index (Phi) is 7.62. The Bertz CT molecular complexity index is 1770. The molecule has 2 atom stereocenters. The summed E-state index contributed by atoms with van der Waals surface area (Å²) >= 11 is 0. The summed E-state index contributed by atoms with van der Waals surface area (Å²) in [4.78, 5) is 30.3. The van der Waals surface area contributed by atoms with Crippen LogP contribution in [0, 0.1) is 28.8 Å². The Balaban J connectivity index is 1.48. The van der Waals surface area contributed by atoms with Crippen molar-refractivity contribution in [2.45, 2.75) is 31.3 Å². The number of benzene rings is 2. The van der Waals surface area contributed by atoms with Crippen LogP contribution in [-0.2, 0) is 0 Å². The molecule has 2 aromatic carbocycles. The predicted molar refractivity (Wildman–Crippen MR) is 152 cm³/mol. The number of hydrogen-bond acceptors (Lipinski definition) is 8. The Hall–Kier alpha value is -4.70. The maximum absolute atomic E-state index is 16.4. The van der Waals surface area contributed by atoms with E-state index in [9.17, 15) is 23.9 Å². The maximum Gasteiger partial charge on any atom is 0.407 e. The highest BCUT2D eigenvalue weighted by Gasteiger charge is 2.33. The first-order chi connectivity index (χ1) is 20.8. The predicted octanol–water partition coefficient (Wildman–Crippen LogP) is 4.82. The smallest absolute Gasteiger partial charge is 0.407 e. The van der Waals surface area contributed by atoms with Gasteiger partial charge in [-0.05, 0) is 37.9 Å². The molecule has 1 N–H and O–H groups in total. The van der Waals surface area contributed by atoms with Gasteiger partial charge < -0.3 is 24.5 Å². The van der Waals surface area contributed by atoms with Gasteiger partial charge in [0.15, 0.2) is 17.5 Å². The van der Waals surface area contributed by atoms with Gasteiger partial charge in [0, 0.05) is 42.8 Å². The van der Waals surface area contributed by atoms with Crippen molar-refractivity contribution >= 4 is 33.6 Å². The van der Waals surface area contributed by atoms with E-state index in [1.807, 2.05) is 13.1 Å². The molecule has 13 heteroatoms. The third-order valence-electron chi connectivity index (χ3n) is 8.26. The number of ether oxygens (including phenoxy) is 1. The van der Waals surface area contributed by atoms with E-state index in [-0.39, 0.29) is 78.1 Å². The molecule has 2 saturated heterocycles. The molecule has 0 bridgehead atoms. The van der Waals surface area contributed by atoms with Gasteiger partial charge in [0.1, 0.15) is 23.6 Å². The van der Waals surface area contributed by atoms with E-state index in [2.05, 4.69) is 19.9 Å². The number of aromatic nitrogens is 3. The normalized spacial score (nSPS) is 19.2. The zero-order valence-electron chi connectivity index (χ0n) is 23.3. The number of piperazine rings is 1. The number of amides is 1. The molecule has 10 nitrogen and oxygen atoms in total. The highest BCUT2D eigenvalue weighted by atomic mass is 19.2. The van der Waals surface area contributed by atoms with Crippen LogP contribution < -0.4 is 9.64 Å². The number of carbonyl (C=O) groups is 1. The molecule has 0 aliphatic carbocycles. The quantitative estimate of drug-likeness (QED) is 0.337. The highest BCUT2D eigenvalue weighted by molar-refractivity contribution is 5.99. The van der Waals surface area contributed by atoms with Gasteiger partial charge in [-0.15, -0.1) is 0 Å². The number of halogens is 3. The fourth-order valence-electron chi connectivity index (χ4n) is 5.96. The lowest BCUT2D eigenvalue weighted by Gasteiger charge is -2.39. The van der Waals surface area contributed by atoms with Crippen LogP contribution in [0.5, 0.6) is 6.01 Å². The SMILES string of the molecule is CN1CCCC1COc1nc(N2CCN(C(=O)O)C(CC#N)C2)c2cnc(-c3cccc4ccc(F)c(F)c34)c(F)c2n1. The van der Waals surface area contributed by atoms with Crippen LogP contribution in [0.4, 0.5) is 23.8 Å². The van der Waals surface area contributed by atoms with E-state index in [1.54, 1.807) is 17.0 Å². The lowest BCUT2D eigenvalue weighted by Crippen LogP contribution is -2.55. The number of carboxylic acid groups (broad SMARTS) is 1. The third kappa shape index (κ3) is 5.23. The van der Waals surface area contributed by atoms with Crippen LogP contribution >= 0.6 is 0 Å². The van der Waals surface area contributed by atoms with Gasteiger partial charge in [0.25, 0.3) is 0 Å². The first-order valence-electron chi connectivity index (χ1n) is 13.9. The summed E-state index contributed by atoms with van der Waals surface area (Å²) in [6, 6.07) is 8.55. The van der Waals surface area contributed by atoms with Gasteiger partial charge in [-0.2, -0.15) is 15.2 Å². The van der Waals surface area contributed by atoms with Gasteiger partial charge in [0.2, 0.25) is 0 Å². The number of nitriles is 1. The van der Waals surface area contributed by atoms with E-state index in [4.69, 9.17) is 4.74 Å². The molecule has 1 amide bonds. The molecule has 2 aliphatic rings. The number of anilines is 1. The van der Waals surface area contributed by atoms with Crippen LogP contribution in [-0.4, -0.2) is 87.9 Å². The van der Waals surface area contributed by atoms with E-state index in [0.717, 1.165) is 25.5 Å². The maximum atomic E-state index is 16.4. The zero-order chi connectivity index (χ0) is 30.2. The minimum absolute atomic E-state index is 0.0385. The number of rotatable bonds is 6. The number of hydrogen-bond donors (Lipinski definition) is 1. The summed E-state index contributed by atoms with van der Waals surface area (Å²) in [6.07, 6.45) is 2.15. The fraction of sp³-hybridized carbons (Fsp3) is 0.367. The topological polar surface area (TPSA) is 119 Å². The summed E-state index contributed by atoms with van der Waals surface area (Å²) in [5, 5.41) is 19.5. The minimum Gasteiger partial charge on any atom is -0.465 e. The molecule has 6 rings (SSSR count). The Morgan fingerprint density at radius 3 is 2.70 bits per heavy atom. The summed E-state index contributed by atoms with van der Waals surface area (Å²) in [5.41, 5.74) is -0.281. The summed E-state index contributed by atoms with van der Waals surface area (Å²) < 4.78 is 51.6. The second-order valence-corrected chi connectivity index (χ2v) is 10.8. The number of likely N-dealkylation sites (tertiary alicyclic amines) is 1. The van der Waals surface area contributed by atoms with Gasteiger partial charge in [-0.1, -0.05) is 24.3 Å². The van der Waals surface area contributed by atoms with Crippen LogP contribution in [0.15, 0.2) is 36.5 Å². The van der Waals surface area contributed by atoms with Crippen molar-refractivity contribution < 1.29 is 27.8 Å². The number of fused-ring (bicyclic) bond motifs is 2. The van der Waals surface area contributed by atoms with Crippen LogP contribution in [0.1, 0.15) is 19.3 Å². The van der Waals surface area contributed by atoms with Crippen LogP contribution in [0.25, 0.3) is 32.9 Å². The summed E-state index contributed by atoms with van der Waals surface area (Å²) in [6.45, 7) is 1.66. The molecule has 2 unspecified atom stereocenters. The van der Waals surface area contributed by atoms with E-state index < -0.39 is 29.6 Å². The van der Waals surface area contributed by atoms with Gasteiger partial charge in [0.05, 0.1) is 23.9 Å². The van der Waals surface area contributed by atoms with Crippen LogP contribution in [0.3, 0.4) is 0 Å². The van der Waals surface area contributed by atoms with Crippen molar-refractivity contribution in [1.29, 1.82) is 5.26 Å². The Labute approximate surface area is 244 Å². The molecule has 0 radical (unpaired) electrons.